The molecule has 3 aromatic rings. The normalized spacial score (nSPS) is 11.0. The lowest BCUT2D eigenvalue weighted by molar-refractivity contribution is -0.118. The zero-order chi connectivity index (χ0) is 15.7. The van der Waals surface area contributed by atoms with E-state index in [0.29, 0.717) is 5.13 Å². The number of nitrogens with one attached hydrogen (secondary N) is 1. The van der Waals surface area contributed by atoms with E-state index in [1.165, 1.54) is 11.3 Å². The number of carbonyl (C=O) groups excluding carboxylic acids is 1. The molecule has 2 heterocycles. The molecule has 0 atom stereocenters. The molecule has 3 N–H and O–H groups in total. The van der Waals surface area contributed by atoms with E-state index >= 15 is 0 Å². The summed E-state index contributed by atoms with van der Waals surface area (Å²) >= 11 is 1.37. The number of aromatic nitrogens is 2. The van der Waals surface area contributed by atoms with Crippen LogP contribution in [0.4, 0.5) is 10.8 Å². The first kappa shape index (κ1) is 14.5. The Balaban J connectivity index is 1.86. The SMILES string of the molecule is CC(C)C(=O)Nc1ccc(-c2ccc3nc(N)sc3n2)cc1. The van der Waals surface area contributed by atoms with E-state index in [9.17, 15) is 4.79 Å². The van der Waals surface area contributed by atoms with Gasteiger partial charge in [0.1, 0.15) is 10.3 Å². The fourth-order valence-corrected chi connectivity index (χ4v) is 2.71. The van der Waals surface area contributed by atoms with Crippen LogP contribution in [-0.4, -0.2) is 15.9 Å². The summed E-state index contributed by atoms with van der Waals surface area (Å²) in [6, 6.07) is 11.5. The monoisotopic (exact) mass is 312 g/mol. The van der Waals surface area contributed by atoms with Crippen molar-refractivity contribution in [3.63, 3.8) is 0 Å². The first-order chi connectivity index (χ1) is 10.5. The number of hydrogen-bond acceptors (Lipinski definition) is 5. The highest BCUT2D eigenvalue weighted by Gasteiger charge is 2.08. The smallest absolute Gasteiger partial charge is 0.226 e. The molecule has 5 nitrogen and oxygen atoms in total. The summed E-state index contributed by atoms with van der Waals surface area (Å²) in [5.41, 5.74) is 9.13. The molecule has 0 spiro atoms. The van der Waals surface area contributed by atoms with Gasteiger partial charge in [-0.25, -0.2) is 9.97 Å². The molecular formula is C16H16N4OS. The molecule has 0 aliphatic rings. The van der Waals surface area contributed by atoms with Gasteiger partial charge in [0.2, 0.25) is 5.91 Å². The number of pyridine rings is 1. The van der Waals surface area contributed by atoms with Crippen molar-refractivity contribution in [3.05, 3.63) is 36.4 Å². The molecule has 0 radical (unpaired) electrons. The number of amides is 1. The predicted octanol–water partition coefficient (Wildman–Crippen LogP) is 3.54. The fourth-order valence-electron chi connectivity index (χ4n) is 2.01. The van der Waals surface area contributed by atoms with Gasteiger partial charge >= 0.3 is 0 Å². The van der Waals surface area contributed by atoms with Gasteiger partial charge in [0.25, 0.3) is 0 Å². The molecule has 6 heteroatoms. The van der Waals surface area contributed by atoms with Gasteiger partial charge in [-0.3, -0.25) is 4.79 Å². The summed E-state index contributed by atoms with van der Waals surface area (Å²) in [4.78, 5) is 21.3. The van der Waals surface area contributed by atoms with Crippen LogP contribution in [-0.2, 0) is 4.79 Å². The van der Waals surface area contributed by atoms with E-state index in [-0.39, 0.29) is 11.8 Å². The van der Waals surface area contributed by atoms with E-state index in [1.807, 2.05) is 50.2 Å². The van der Waals surface area contributed by atoms with Gasteiger partial charge in [-0.2, -0.15) is 0 Å². The van der Waals surface area contributed by atoms with Gasteiger partial charge in [0.05, 0.1) is 5.69 Å². The number of nitrogens with two attached hydrogens (primary N) is 1. The van der Waals surface area contributed by atoms with Crippen molar-refractivity contribution in [1.29, 1.82) is 0 Å². The Labute approximate surface area is 132 Å². The zero-order valence-electron chi connectivity index (χ0n) is 12.3. The minimum Gasteiger partial charge on any atom is -0.375 e. The number of hydrogen-bond donors (Lipinski definition) is 2. The molecule has 0 bridgehead atoms. The van der Waals surface area contributed by atoms with Crippen LogP contribution in [0.15, 0.2) is 36.4 Å². The van der Waals surface area contributed by atoms with Crippen molar-refractivity contribution in [2.45, 2.75) is 13.8 Å². The molecule has 0 aliphatic heterocycles. The lowest BCUT2D eigenvalue weighted by Crippen LogP contribution is -2.17. The Bertz CT molecular complexity index is 824. The molecular weight excluding hydrogens is 296 g/mol. The largest absolute Gasteiger partial charge is 0.375 e. The predicted molar refractivity (Wildman–Crippen MR) is 90.7 cm³/mol. The average Bonchev–Trinajstić information content (AvgIpc) is 2.87. The van der Waals surface area contributed by atoms with Crippen LogP contribution in [0, 0.1) is 5.92 Å². The van der Waals surface area contributed by atoms with Crippen LogP contribution >= 0.6 is 11.3 Å². The Kier molecular flexibility index (Phi) is 3.77. The van der Waals surface area contributed by atoms with E-state index in [0.717, 1.165) is 27.3 Å². The Morgan fingerprint density at radius 1 is 1.14 bits per heavy atom. The number of thiazole rings is 1. The number of rotatable bonds is 3. The lowest BCUT2D eigenvalue weighted by atomic mass is 10.1. The standard InChI is InChI=1S/C16H16N4OS/c1-9(2)14(21)18-11-5-3-10(4-6-11)12-7-8-13-15(19-12)22-16(17)20-13/h3-9H,1-2H3,(H2,17,20)(H,18,21). The van der Waals surface area contributed by atoms with Crippen molar-refractivity contribution >= 4 is 38.4 Å². The van der Waals surface area contributed by atoms with Crippen LogP contribution in [0.5, 0.6) is 0 Å². The summed E-state index contributed by atoms with van der Waals surface area (Å²) in [7, 11) is 0. The summed E-state index contributed by atoms with van der Waals surface area (Å²) in [5.74, 6) is -0.0343. The van der Waals surface area contributed by atoms with Gasteiger partial charge in [-0.05, 0) is 24.3 Å². The summed E-state index contributed by atoms with van der Waals surface area (Å²) < 4.78 is 0. The Morgan fingerprint density at radius 2 is 1.86 bits per heavy atom. The number of nitrogen functional groups attached to an aromatic ring is 1. The molecule has 3 rings (SSSR count). The number of carbonyl (C=O) groups is 1. The molecule has 22 heavy (non-hydrogen) atoms. The van der Waals surface area contributed by atoms with Crippen molar-refractivity contribution < 1.29 is 4.79 Å². The minimum atomic E-state index is -0.0412. The second-order valence-electron chi connectivity index (χ2n) is 5.29. The summed E-state index contributed by atoms with van der Waals surface area (Å²) in [6.45, 7) is 3.73. The third-order valence-corrected chi connectivity index (χ3v) is 4.04. The third-order valence-electron chi connectivity index (χ3n) is 3.24. The summed E-state index contributed by atoms with van der Waals surface area (Å²) in [5, 5.41) is 3.39. The van der Waals surface area contributed by atoms with Gasteiger partial charge in [-0.1, -0.05) is 37.3 Å². The second kappa shape index (κ2) is 5.73. The number of benzene rings is 1. The Morgan fingerprint density at radius 3 is 2.55 bits per heavy atom. The van der Waals surface area contributed by atoms with E-state index in [2.05, 4.69) is 15.3 Å². The number of nitrogens with zero attached hydrogens (tertiary/aromatic N) is 2. The van der Waals surface area contributed by atoms with Crippen LogP contribution in [0.25, 0.3) is 21.6 Å². The first-order valence-electron chi connectivity index (χ1n) is 6.97. The van der Waals surface area contributed by atoms with Crippen molar-refractivity contribution in [2.75, 3.05) is 11.1 Å². The maximum atomic E-state index is 11.7. The first-order valence-corrected chi connectivity index (χ1v) is 7.79. The molecule has 1 aromatic carbocycles. The molecule has 0 fully saturated rings. The second-order valence-corrected chi connectivity index (χ2v) is 6.30. The fraction of sp³-hybridized carbons (Fsp3) is 0.188. The van der Waals surface area contributed by atoms with Crippen LogP contribution in [0.3, 0.4) is 0 Å². The molecule has 0 saturated heterocycles. The van der Waals surface area contributed by atoms with Crippen LogP contribution in [0.1, 0.15) is 13.8 Å². The Hall–Kier alpha value is -2.47. The molecule has 112 valence electrons. The topological polar surface area (TPSA) is 80.9 Å². The van der Waals surface area contributed by atoms with Crippen LogP contribution < -0.4 is 11.1 Å². The molecule has 0 aliphatic carbocycles. The average molecular weight is 312 g/mol. The lowest BCUT2D eigenvalue weighted by Gasteiger charge is -2.08. The quantitative estimate of drug-likeness (QED) is 0.775. The highest BCUT2D eigenvalue weighted by Crippen LogP contribution is 2.26. The molecule has 0 unspecified atom stereocenters. The van der Waals surface area contributed by atoms with Crippen molar-refractivity contribution in [3.8, 4) is 11.3 Å². The molecule has 0 saturated carbocycles. The van der Waals surface area contributed by atoms with Gasteiger partial charge < -0.3 is 11.1 Å². The van der Waals surface area contributed by atoms with Crippen molar-refractivity contribution in [1.82, 2.24) is 9.97 Å². The van der Waals surface area contributed by atoms with E-state index < -0.39 is 0 Å². The number of anilines is 2. The maximum absolute atomic E-state index is 11.7. The maximum Gasteiger partial charge on any atom is 0.226 e. The van der Waals surface area contributed by atoms with Gasteiger partial charge in [-0.15, -0.1) is 0 Å². The number of fused-ring (bicyclic) bond motifs is 1. The van der Waals surface area contributed by atoms with Gasteiger partial charge in [0.15, 0.2) is 5.13 Å². The van der Waals surface area contributed by atoms with Crippen LogP contribution in [0.2, 0.25) is 0 Å². The highest BCUT2D eigenvalue weighted by molar-refractivity contribution is 7.21. The highest BCUT2D eigenvalue weighted by atomic mass is 32.1. The molecule has 2 aromatic heterocycles. The summed E-state index contributed by atoms with van der Waals surface area (Å²) in [6.07, 6.45) is 0. The minimum absolute atomic E-state index is 0.00688. The van der Waals surface area contributed by atoms with Gasteiger partial charge in [0, 0.05) is 17.2 Å². The van der Waals surface area contributed by atoms with E-state index in [4.69, 9.17) is 5.73 Å². The molecule has 1 amide bonds. The van der Waals surface area contributed by atoms with Crippen molar-refractivity contribution in [2.24, 2.45) is 5.92 Å². The zero-order valence-corrected chi connectivity index (χ0v) is 13.1. The third kappa shape index (κ3) is 2.92. The van der Waals surface area contributed by atoms with E-state index in [1.54, 1.807) is 0 Å².